The van der Waals surface area contributed by atoms with Crippen molar-refractivity contribution in [2.24, 2.45) is 0 Å². The van der Waals surface area contributed by atoms with Gasteiger partial charge >= 0.3 is 0 Å². The molecule has 0 unspecified atom stereocenters. The van der Waals surface area contributed by atoms with E-state index in [1.807, 2.05) is 46.0 Å². The Hall–Kier alpha value is -3.13. The van der Waals surface area contributed by atoms with E-state index in [1.165, 1.54) is 5.01 Å². The number of nitrogens with zero attached hydrogens (tertiary/aromatic N) is 3. The standard InChI is InChI=1S/C23H27N3O2/c1-15-11-16(2)13-19(12-15)21(27)26(23(5,6)7)25(14-24)22(28)20-10-8-9-17(3)18(20)4/h8-13H,1-7H3. The van der Waals surface area contributed by atoms with Crippen LogP contribution in [0.4, 0.5) is 0 Å². The van der Waals surface area contributed by atoms with Crippen LogP contribution in [0, 0.1) is 39.1 Å². The first-order valence-electron chi connectivity index (χ1n) is 9.20. The van der Waals surface area contributed by atoms with Crippen molar-refractivity contribution >= 4 is 11.8 Å². The SMILES string of the molecule is Cc1cc(C)cc(C(=O)N(N(C#N)C(=O)c2cccc(C)c2C)C(C)(C)C)c1. The summed E-state index contributed by atoms with van der Waals surface area (Å²) in [7, 11) is 0. The molecule has 5 nitrogen and oxygen atoms in total. The molecule has 2 aromatic carbocycles. The number of hydrogen-bond donors (Lipinski definition) is 0. The van der Waals surface area contributed by atoms with Crippen LogP contribution in [0.3, 0.4) is 0 Å². The van der Waals surface area contributed by atoms with Crippen LogP contribution in [0.5, 0.6) is 0 Å². The highest BCUT2D eigenvalue weighted by Gasteiger charge is 2.37. The van der Waals surface area contributed by atoms with Gasteiger partial charge in [-0.3, -0.25) is 9.59 Å². The number of carbonyl (C=O) groups excluding carboxylic acids is 2. The summed E-state index contributed by atoms with van der Waals surface area (Å²) >= 11 is 0. The van der Waals surface area contributed by atoms with Gasteiger partial charge in [0.2, 0.25) is 6.19 Å². The Morgan fingerprint density at radius 1 is 0.929 bits per heavy atom. The second-order valence-electron chi connectivity index (χ2n) is 8.13. The summed E-state index contributed by atoms with van der Waals surface area (Å²) in [5.74, 6) is -0.907. The molecule has 0 saturated carbocycles. The fraction of sp³-hybridized carbons (Fsp3) is 0.348. The molecule has 0 spiro atoms. The molecule has 0 aliphatic heterocycles. The Bertz CT molecular complexity index is 945. The predicted octanol–water partition coefficient (Wildman–Crippen LogP) is 4.70. The normalized spacial score (nSPS) is 10.9. The van der Waals surface area contributed by atoms with E-state index in [-0.39, 0.29) is 5.91 Å². The van der Waals surface area contributed by atoms with E-state index < -0.39 is 11.4 Å². The van der Waals surface area contributed by atoms with Crippen molar-refractivity contribution in [3.63, 3.8) is 0 Å². The fourth-order valence-electron chi connectivity index (χ4n) is 3.19. The summed E-state index contributed by atoms with van der Waals surface area (Å²) < 4.78 is 0. The lowest BCUT2D eigenvalue weighted by molar-refractivity contribution is -0.0167. The van der Waals surface area contributed by atoms with Crippen molar-refractivity contribution in [2.75, 3.05) is 0 Å². The molecule has 0 fully saturated rings. The average Bonchev–Trinajstić information content (AvgIpc) is 2.59. The van der Waals surface area contributed by atoms with E-state index in [1.54, 1.807) is 45.0 Å². The first-order chi connectivity index (χ1) is 13.0. The number of aryl methyl sites for hydroxylation is 3. The third kappa shape index (κ3) is 4.23. The van der Waals surface area contributed by atoms with Crippen LogP contribution in [0.25, 0.3) is 0 Å². The minimum absolute atomic E-state index is 0.389. The lowest BCUT2D eigenvalue weighted by Crippen LogP contribution is -2.56. The molecule has 0 N–H and O–H groups in total. The number of carbonyl (C=O) groups is 2. The number of amides is 2. The van der Waals surface area contributed by atoms with Crippen molar-refractivity contribution in [3.8, 4) is 6.19 Å². The number of benzene rings is 2. The summed E-state index contributed by atoms with van der Waals surface area (Å²) in [5.41, 5.74) is 3.71. The van der Waals surface area contributed by atoms with Gasteiger partial charge < -0.3 is 0 Å². The van der Waals surface area contributed by atoms with E-state index >= 15 is 0 Å². The molecule has 0 aliphatic rings. The summed E-state index contributed by atoms with van der Waals surface area (Å²) in [6.45, 7) is 13.0. The predicted molar refractivity (Wildman–Crippen MR) is 110 cm³/mol. The zero-order chi connectivity index (χ0) is 21.2. The maximum atomic E-state index is 13.4. The molecule has 2 rings (SSSR count). The van der Waals surface area contributed by atoms with E-state index in [4.69, 9.17) is 0 Å². The van der Waals surface area contributed by atoms with Crippen LogP contribution in [-0.4, -0.2) is 27.4 Å². The monoisotopic (exact) mass is 377 g/mol. The summed E-state index contributed by atoms with van der Waals surface area (Å²) in [6.07, 6.45) is 1.92. The first kappa shape index (κ1) is 21.2. The number of hydrazine groups is 1. The second-order valence-corrected chi connectivity index (χ2v) is 8.13. The van der Waals surface area contributed by atoms with Gasteiger partial charge in [0.1, 0.15) is 0 Å². The van der Waals surface area contributed by atoms with E-state index in [0.29, 0.717) is 11.1 Å². The zero-order valence-corrected chi connectivity index (χ0v) is 17.6. The van der Waals surface area contributed by atoms with Crippen molar-refractivity contribution < 1.29 is 9.59 Å². The maximum absolute atomic E-state index is 13.4. The lowest BCUT2D eigenvalue weighted by atomic mass is 10.0. The maximum Gasteiger partial charge on any atom is 0.286 e. The highest BCUT2D eigenvalue weighted by molar-refractivity contribution is 6.01. The molecule has 146 valence electrons. The van der Waals surface area contributed by atoms with E-state index in [0.717, 1.165) is 27.3 Å². The largest absolute Gasteiger partial charge is 0.286 e. The van der Waals surface area contributed by atoms with Gasteiger partial charge in [0, 0.05) is 11.1 Å². The molecule has 28 heavy (non-hydrogen) atoms. The highest BCUT2D eigenvalue weighted by Crippen LogP contribution is 2.24. The zero-order valence-electron chi connectivity index (χ0n) is 17.6. The highest BCUT2D eigenvalue weighted by atomic mass is 16.2. The Labute approximate surface area is 167 Å². The van der Waals surface area contributed by atoms with Gasteiger partial charge in [-0.15, -0.1) is 5.01 Å². The van der Waals surface area contributed by atoms with Gasteiger partial charge in [-0.25, -0.2) is 5.01 Å². The fourth-order valence-corrected chi connectivity index (χ4v) is 3.19. The van der Waals surface area contributed by atoms with Crippen molar-refractivity contribution in [3.05, 3.63) is 69.8 Å². The molecular weight excluding hydrogens is 350 g/mol. The van der Waals surface area contributed by atoms with E-state index in [9.17, 15) is 14.9 Å². The van der Waals surface area contributed by atoms with Gasteiger partial charge in [0.25, 0.3) is 11.8 Å². The third-order valence-corrected chi connectivity index (χ3v) is 4.62. The van der Waals surface area contributed by atoms with Crippen LogP contribution in [0.2, 0.25) is 0 Å². The van der Waals surface area contributed by atoms with Gasteiger partial charge in [0.15, 0.2) is 0 Å². The molecule has 2 aromatic rings. The minimum atomic E-state index is -0.780. The van der Waals surface area contributed by atoms with Crippen LogP contribution in [-0.2, 0) is 0 Å². The lowest BCUT2D eigenvalue weighted by Gasteiger charge is -2.39. The minimum Gasteiger partial charge on any atom is -0.267 e. The third-order valence-electron chi connectivity index (χ3n) is 4.62. The Morgan fingerprint density at radius 3 is 2.00 bits per heavy atom. The first-order valence-corrected chi connectivity index (χ1v) is 9.20. The Kier molecular flexibility index (Phi) is 5.94. The quantitative estimate of drug-likeness (QED) is 0.433. The molecule has 0 atom stereocenters. The van der Waals surface area contributed by atoms with Crippen molar-refractivity contribution in [1.82, 2.24) is 10.0 Å². The molecule has 0 aromatic heterocycles. The molecular formula is C23H27N3O2. The molecule has 0 saturated heterocycles. The van der Waals surface area contributed by atoms with Crippen molar-refractivity contribution in [1.29, 1.82) is 5.26 Å². The van der Waals surface area contributed by atoms with Crippen LogP contribution < -0.4 is 0 Å². The van der Waals surface area contributed by atoms with Crippen LogP contribution in [0.15, 0.2) is 36.4 Å². The molecule has 0 heterocycles. The smallest absolute Gasteiger partial charge is 0.267 e. The Balaban J connectivity index is 2.57. The van der Waals surface area contributed by atoms with Gasteiger partial charge in [-0.05, 0) is 77.8 Å². The Morgan fingerprint density at radius 2 is 1.50 bits per heavy atom. The number of rotatable bonds is 2. The molecule has 0 aliphatic carbocycles. The number of nitriles is 1. The van der Waals surface area contributed by atoms with Crippen molar-refractivity contribution in [2.45, 2.75) is 54.0 Å². The average molecular weight is 377 g/mol. The van der Waals surface area contributed by atoms with Gasteiger partial charge in [0.05, 0.1) is 5.54 Å². The summed E-state index contributed by atoms with van der Waals surface area (Å²) in [5, 5.41) is 11.9. The van der Waals surface area contributed by atoms with Gasteiger partial charge in [-0.2, -0.15) is 5.26 Å². The van der Waals surface area contributed by atoms with Crippen LogP contribution in [0.1, 0.15) is 63.7 Å². The molecule has 2 amide bonds. The number of hydrogen-bond acceptors (Lipinski definition) is 3. The van der Waals surface area contributed by atoms with Gasteiger partial charge in [-0.1, -0.05) is 29.3 Å². The molecule has 5 heteroatoms. The topological polar surface area (TPSA) is 64.4 Å². The molecule has 0 radical (unpaired) electrons. The van der Waals surface area contributed by atoms with E-state index in [2.05, 4.69) is 0 Å². The molecule has 0 bridgehead atoms. The summed E-state index contributed by atoms with van der Waals surface area (Å²) in [4.78, 5) is 26.6. The van der Waals surface area contributed by atoms with Crippen LogP contribution >= 0.6 is 0 Å². The second kappa shape index (κ2) is 7.85. The summed E-state index contributed by atoms with van der Waals surface area (Å²) in [6, 6.07) is 10.9.